The molecule has 4 nitrogen and oxygen atoms in total. The van der Waals surface area contributed by atoms with Crippen LogP contribution in [-0.2, 0) is 0 Å². The number of benzene rings is 2. The van der Waals surface area contributed by atoms with Gasteiger partial charge in [-0.25, -0.2) is 9.29 Å². The van der Waals surface area contributed by atoms with Crippen molar-refractivity contribution in [2.24, 2.45) is 0 Å². The van der Waals surface area contributed by atoms with Crippen molar-refractivity contribution in [3.05, 3.63) is 71.8 Å². The van der Waals surface area contributed by atoms with E-state index in [1.807, 2.05) is 36.4 Å². The van der Waals surface area contributed by atoms with Crippen LogP contribution in [0, 0.1) is 0 Å². The summed E-state index contributed by atoms with van der Waals surface area (Å²) in [6.07, 6.45) is 0. The second-order valence-electron chi connectivity index (χ2n) is 4.88. The quantitative estimate of drug-likeness (QED) is 0.537. The summed E-state index contributed by atoms with van der Waals surface area (Å²) in [6.45, 7) is 0. The smallest absolute Gasteiger partial charge is 0.268 e. The number of fused-ring (bicyclic) bond motifs is 2. The van der Waals surface area contributed by atoms with E-state index in [1.165, 1.54) is 4.31 Å². The summed E-state index contributed by atoms with van der Waals surface area (Å²) in [5.41, 5.74) is 1.73. The molecule has 106 valence electrons. The fourth-order valence-electron chi connectivity index (χ4n) is 2.44. The molecule has 2 aromatic carbocycles. The molecule has 1 aliphatic heterocycles. The fraction of sp³-hybridized carbons (Fsp3) is 0. The molecule has 2 heterocycles. The summed E-state index contributed by atoms with van der Waals surface area (Å²) in [5, 5.41) is 1.64. The molecule has 0 atom stereocenters. The molecular formula is C17H10N2O2S. The van der Waals surface area contributed by atoms with Gasteiger partial charge in [0, 0.05) is 17.3 Å². The number of carbonyl (C=O) groups excluding carboxylic acids is 2. The third-order valence-corrected chi connectivity index (χ3v) is 4.44. The van der Waals surface area contributed by atoms with Gasteiger partial charge in [0.25, 0.3) is 11.8 Å². The highest BCUT2D eigenvalue weighted by molar-refractivity contribution is 7.98. The zero-order valence-electron chi connectivity index (χ0n) is 11.4. The van der Waals surface area contributed by atoms with Crippen molar-refractivity contribution in [1.82, 2.24) is 9.29 Å². The van der Waals surface area contributed by atoms with Crippen LogP contribution in [0.2, 0.25) is 0 Å². The van der Waals surface area contributed by atoms with Crippen molar-refractivity contribution in [1.29, 1.82) is 0 Å². The van der Waals surface area contributed by atoms with Crippen LogP contribution in [0.25, 0.3) is 10.9 Å². The first-order valence-electron chi connectivity index (χ1n) is 6.75. The normalized spacial score (nSPS) is 13.7. The Balaban J connectivity index is 1.69. The standard InChI is InChI=1S/C17H10N2O2S/c20-16-12-6-2-3-7-13(12)17(21)19(16)22-15-10-9-11-5-1-4-8-14(11)18-15/h1-10H. The number of imide groups is 1. The Morgan fingerprint density at radius 3 is 2.14 bits per heavy atom. The number of pyridine rings is 1. The van der Waals surface area contributed by atoms with Gasteiger partial charge in [0.1, 0.15) is 5.03 Å². The van der Waals surface area contributed by atoms with Crippen LogP contribution in [0.5, 0.6) is 0 Å². The van der Waals surface area contributed by atoms with Gasteiger partial charge in [-0.2, -0.15) is 0 Å². The van der Waals surface area contributed by atoms with Crippen molar-refractivity contribution in [3.8, 4) is 0 Å². The minimum absolute atomic E-state index is 0.291. The lowest BCUT2D eigenvalue weighted by Crippen LogP contribution is -2.22. The minimum Gasteiger partial charge on any atom is -0.268 e. The monoisotopic (exact) mass is 306 g/mol. The van der Waals surface area contributed by atoms with Gasteiger partial charge in [0.05, 0.1) is 16.6 Å². The summed E-state index contributed by atoms with van der Waals surface area (Å²) >= 11 is 1.06. The molecule has 0 N–H and O–H groups in total. The second-order valence-corrected chi connectivity index (χ2v) is 5.85. The second kappa shape index (κ2) is 4.96. The number of amides is 2. The number of para-hydroxylation sites is 1. The highest BCUT2D eigenvalue weighted by Crippen LogP contribution is 2.32. The molecule has 1 aliphatic rings. The molecule has 3 aromatic rings. The van der Waals surface area contributed by atoms with Crippen LogP contribution in [0.15, 0.2) is 65.7 Å². The van der Waals surface area contributed by atoms with E-state index in [-0.39, 0.29) is 11.8 Å². The number of rotatable bonds is 2. The number of hydrogen-bond donors (Lipinski definition) is 0. The molecule has 2 amide bonds. The first-order valence-corrected chi connectivity index (χ1v) is 7.53. The maximum Gasteiger partial charge on any atom is 0.272 e. The molecule has 5 heteroatoms. The largest absolute Gasteiger partial charge is 0.272 e. The van der Waals surface area contributed by atoms with E-state index in [1.54, 1.807) is 24.3 Å². The zero-order chi connectivity index (χ0) is 15.1. The van der Waals surface area contributed by atoms with E-state index < -0.39 is 0 Å². The summed E-state index contributed by atoms with van der Waals surface area (Å²) in [6, 6.07) is 18.3. The van der Waals surface area contributed by atoms with Crippen molar-refractivity contribution < 1.29 is 9.59 Å². The van der Waals surface area contributed by atoms with E-state index in [9.17, 15) is 9.59 Å². The lowest BCUT2D eigenvalue weighted by atomic mass is 10.1. The van der Waals surface area contributed by atoms with Gasteiger partial charge in [-0.15, -0.1) is 0 Å². The predicted molar refractivity (Wildman–Crippen MR) is 84.5 cm³/mol. The maximum absolute atomic E-state index is 12.3. The van der Waals surface area contributed by atoms with Gasteiger partial charge in [-0.1, -0.05) is 36.4 Å². The summed E-state index contributed by atoms with van der Waals surface area (Å²) < 4.78 is 1.17. The number of aromatic nitrogens is 1. The van der Waals surface area contributed by atoms with Crippen molar-refractivity contribution in [3.63, 3.8) is 0 Å². The zero-order valence-corrected chi connectivity index (χ0v) is 12.2. The van der Waals surface area contributed by atoms with Crippen molar-refractivity contribution in [2.45, 2.75) is 5.03 Å². The third-order valence-electron chi connectivity index (χ3n) is 3.51. The van der Waals surface area contributed by atoms with Crippen LogP contribution >= 0.6 is 11.9 Å². The first kappa shape index (κ1) is 13.0. The molecule has 4 rings (SSSR count). The van der Waals surface area contributed by atoms with Gasteiger partial charge in [-0.3, -0.25) is 9.59 Å². The fourth-order valence-corrected chi connectivity index (χ4v) is 3.26. The van der Waals surface area contributed by atoms with Crippen LogP contribution in [0.3, 0.4) is 0 Å². The van der Waals surface area contributed by atoms with Crippen LogP contribution in [-0.4, -0.2) is 21.1 Å². The van der Waals surface area contributed by atoms with Crippen molar-refractivity contribution >= 4 is 34.7 Å². The van der Waals surface area contributed by atoms with Gasteiger partial charge in [0.15, 0.2) is 0 Å². The van der Waals surface area contributed by atoms with E-state index in [0.717, 1.165) is 22.9 Å². The van der Waals surface area contributed by atoms with Gasteiger partial charge in [-0.05, 0) is 24.3 Å². The Morgan fingerprint density at radius 2 is 1.41 bits per heavy atom. The Labute approximate surface area is 130 Å². The highest BCUT2D eigenvalue weighted by atomic mass is 32.2. The molecule has 0 bridgehead atoms. The Kier molecular flexibility index (Phi) is 2.94. The Morgan fingerprint density at radius 1 is 0.773 bits per heavy atom. The molecule has 0 radical (unpaired) electrons. The number of carbonyl (C=O) groups is 2. The highest BCUT2D eigenvalue weighted by Gasteiger charge is 2.36. The molecule has 0 fully saturated rings. The summed E-state index contributed by atoms with van der Waals surface area (Å²) in [5.74, 6) is -0.582. The third kappa shape index (κ3) is 1.98. The SMILES string of the molecule is O=C1c2ccccc2C(=O)N1Sc1ccc2ccccc2n1. The van der Waals surface area contributed by atoms with E-state index >= 15 is 0 Å². The average molecular weight is 306 g/mol. The number of nitrogens with zero attached hydrogens (tertiary/aromatic N) is 2. The minimum atomic E-state index is -0.291. The average Bonchev–Trinajstić information content (AvgIpc) is 2.80. The molecule has 22 heavy (non-hydrogen) atoms. The number of hydrogen-bond acceptors (Lipinski definition) is 4. The van der Waals surface area contributed by atoms with E-state index in [2.05, 4.69) is 4.98 Å². The van der Waals surface area contributed by atoms with Crippen molar-refractivity contribution in [2.75, 3.05) is 0 Å². The summed E-state index contributed by atoms with van der Waals surface area (Å²) in [4.78, 5) is 29.2. The van der Waals surface area contributed by atoms with Crippen LogP contribution in [0.4, 0.5) is 0 Å². The molecule has 0 saturated carbocycles. The maximum atomic E-state index is 12.3. The molecule has 0 saturated heterocycles. The van der Waals surface area contributed by atoms with E-state index in [4.69, 9.17) is 0 Å². The first-order chi connectivity index (χ1) is 10.7. The molecular weight excluding hydrogens is 296 g/mol. The van der Waals surface area contributed by atoms with Gasteiger partial charge < -0.3 is 0 Å². The lowest BCUT2D eigenvalue weighted by molar-refractivity contribution is 0.0777. The van der Waals surface area contributed by atoms with Crippen LogP contribution in [0.1, 0.15) is 20.7 Å². The predicted octanol–water partition coefficient (Wildman–Crippen LogP) is 3.54. The van der Waals surface area contributed by atoms with Gasteiger partial charge >= 0.3 is 0 Å². The molecule has 1 aromatic heterocycles. The Hall–Kier alpha value is -2.66. The molecule has 0 unspecified atom stereocenters. The molecule has 0 spiro atoms. The molecule has 0 aliphatic carbocycles. The summed E-state index contributed by atoms with van der Waals surface area (Å²) in [7, 11) is 0. The Bertz CT molecular complexity index is 888. The van der Waals surface area contributed by atoms with Gasteiger partial charge in [0.2, 0.25) is 0 Å². The lowest BCUT2D eigenvalue weighted by Gasteiger charge is -2.11. The van der Waals surface area contributed by atoms with E-state index in [0.29, 0.717) is 16.2 Å². The topological polar surface area (TPSA) is 50.3 Å². The van der Waals surface area contributed by atoms with Crippen LogP contribution < -0.4 is 0 Å².